The van der Waals surface area contributed by atoms with Crippen LogP contribution in [0.5, 0.6) is 0 Å². The third-order valence-electron chi connectivity index (χ3n) is 4.53. The van der Waals surface area contributed by atoms with Crippen molar-refractivity contribution in [2.45, 2.75) is 11.8 Å². The normalized spacial score (nSPS) is 11.2. The maximum Gasteiger partial charge on any atom is 0.255 e. The molecule has 0 atom stereocenters. The van der Waals surface area contributed by atoms with E-state index in [4.69, 9.17) is 0 Å². The first-order valence-electron chi connectivity index (χ1n) is 9.63. The number of carbonyl (C=O) groups is 2. The first-order valence-corrected chi connectivity index (χ1v) is 11.1. The van der Waals surface area contributed by atoms with E-state index in [2.05, 4.69) is 10.0 Å². The topological polar surface area (TPSA) is 101 Å². The van der Waals surface area contributed by atoms with Gasteiger partial charge in [-0.3, -0.25) is 9.59 Å². The first-order chi connectivity index (χ1) is 14.7. The van der Waals surface area contributed by atoms with E-state index in [1.165, 1.54) is 23.1 Å². The molecule has 3 rings (SSSR count). The SMILES string of the molecule is CCNS(=O)(=O)c1cc(NC(=O)c2ccc(-n3cccc3)cc2)ccc1C(=O)N(C)C. The Hall–Kier alpha value is -3.43. The minimum Gasteiger partial charge on any atom is -0.345 e. The zero-order valence-corrected chi connectivity index (χ0v) is 18.3. The summed E-state index contributed by atoms with van der Waals surface area (Å²) in [6, 6.07) is 15.0. The Morgan fingerprint density at radius 3 is 2.23 bits per heavy atom. The van der Waals surface area contributed by atoms with E-state index in [1.807, 2.05) is 41.2 Å². The predicted molar refractivity (Wildman–Crippen MR) is 119 cm³/mol. The number of hydrogen-bond acceptors (Lipinski definition) is 4. The number of nitrogens with one attached hydrogen (secondary N) is 2. The summed E-state index contributed by atoms with van der Waals surface area (Å²) in [5.74, 6) is -0.840. The Kier molecular flexibility index (Phi) is 6.57. The van der Waals surface area contributed by atoms with Gasteiger partial charge in [0.05, 0.1) is 10.5 Å². The lowest BCUT2D eigenvalue weighted by Gasteiger charge is -2.16. The molecule has 0 saturated carbocycles. The lowest BCUT2D eigenvalue weighted by atomic mass is 10.1. The summed E-state index contributed by atoms with van der Waals surface area (Å²) in [6.07, 6.45) is 3.80. The summed E-state index contributed by atoms with van der Waals surface area (Å²) in [7, 11) is -0.843. The van der Waals surface area contributed by atoms with Crippen LogP contribution in [0.4, 0.5) is 5.69 Å². The standard InChI is InChI=1S/C22H24N4O4S/c1-4-23-31(29,30)20-15-17(9-12-19(20)22(28)25(2)3)24-21(27)16-7-10-18(11-8-16)26-13-5-6-14-26/h5-15,23H,4H2,1-3H3,(H,24,27). The largest absolute Gasteiger partial charge is 0.345 e. The number of amides is 2. The molecule has 0 bridgehead atoms. The van der Waals surface area contributed by atoms with Gasteiger partial charge >= 0.3 is 0 Å². The summed E-state index contributed by atoms with van der Waals surface area (Å²) < 4.78 is 29.6. The van der Waals surface area contributed by atoms with Crippen LogP contribution in [0.1, 0.15) is 27.6 Å². The molecule has 162 valence electrons. The average molecular weight is 441 g/mol. The maximum absolute atomic E-state index is 12.7. The fourth-order valence-corrected chi connectivity index (χ4v) is 4.27. The van der Waals surface area contributed by atoms with Crippen molar-refractivity contribution in [1.29, 1.82) is 0 Å². The molecule has 2 amide bonds. The summed E-state index contributed by atoms with van der Waals surface area (Å²) in [5.41, 5.74) is 1.62. The quantitative estimate of drug-likeness (QED) is 0.590. The van der Waals surface area contributed by atoms with Crippen LogP contribution in [0.3, 0.4) is 0 Å². The Morgan fingerprint density at radius 1 is 1.00 bits per heavy atom. The van der Waals surface area contributed by atoms with Gasteiger partial charge in [0.25, 0.3) is 11.8 Å². The molecule has 0 fully saturated rings. The zero-order chi connectivity index (χ0) is 22.6. The summed E-state index contributed by atoms with van der Waals surface area (Å²) in [4.78, 5) is 26.2. The second-order valence-corrected chi connectivity index (χ2v) is 8.74. The molecular weight excluding hydrogens is 416 g/mol. The van der Waals surface area contributed by atoms with Crippen molar-refractivity contribution in [3.05, 3.63) is 78.1 Å². The van der Waals surface area contributed by atoms with Crippen LogP contribution in [0.2, 0.25) is 0 Å². The van der Waals surface area contributed by atoms with Crippen LogP contribution in [-0.4, -0.2) is 50.3 Å². The number of hydrogen-bond donors (Lipinski definition) is 2. The van der Waals surface area contributed by atoms with Crippen LogP contribution in [0.25, 0.3) is 5.69 Å². The van der Waals surface area contributed by atoms with E-state index in [0.29, 0.717) is 5.56 Å². The molecule has 2 aromatic carbocycles. The minimum atomic E-state index is -3.92. The summed E-state index contributed by atoms with van der Waals surface area (Å²) in [6.45, 7) is 1.82. The zero-order valence-electron chi connectivity index (χ0n) is 17.5. The van der Waals surface area contributed by atoms with Gasteiger partial charge in [-0.1, -0.05) is 6.92 Å². The Morgan fingerprint density at radius 2 is 1.65 bits per heavy atom. The molecule has 9 heteroatoms. The van der Waals surface area contributed by atoms with Crippen LogP contribution in [-0.2, 0) is 10.0 Å². The van der Waals surface area contributed by atoms with Gasteiger partial charge < -0.3 is 14.8 Å². The summed E-state index contributed by atoms with van der Waals surface area (Å²) >= 11 is 0. The Labute approximate surface area is 181 Å². The minimum absolute atomic E-state index is 0.0278. The molecule has 0 spiro atoms. The highest BCUT2D eigenvalue weighted by Gasteiger charge is 2.24. The lowest BCUT2D eigenvalue weighted by Crippen LogP contribution is -2.29. The molecule has 1 heterocycles. The van der Waals surface area contributed by atoms with Crippen molar-refractivity contribution in [2.75, 3.05) is 26.0 Å². The number of carbonyl (C=O) groups excluding carboxylic acids is 2. The molecule has 1 aromatic heterocycles. The van der Waals surface area contributed by atoms with Crippen molar-refractivity contribution < 1.29 is 18.0 Å². The molecule has 8 nitrogen and oxygen atoms in total. The molecule has 0 radical (unpaired) electrons. The third-order valence-corrected chi connectivity index (χ3v) is 6.12. The number of benzene rings is 2. The van der Waals surface area contributed by atoms with Crippen molar-refractivity contribution in [3.8, 4) is 5.69 Å². The van der Waals surface area contributed by atoms with E-state index in [1.54, 1.807) is 33.2 Å². The highest BCUT2D eigenvalue weighted by atomic mass is 32.2. The van der Waals surface area contributed by atoms with Crippen molar-refractivity contribution in [1.82, 2.24) is 14.2 Å². The van der Waals surface area contributed by atoms with Crippen LogP contribution in [0.15, 0.2) is 71.9 Å². The second-order valence-electron chi connectivity index (χ2n) is 7.00. The average Bonchev–Trinajstić information content (AvgIpc) is 3.28. The first kappa shape index (κ1) is 22.3. The van der Waals surface area contributed by atoms with Gasteiger partial charge in [-0.15, -0.1) is 0 Å². The number of nitrogens with zero attached hydrogens (tertiary/aromatic N) is 2. The second kappa shape index (κ2) is 9.15. The van der Waals surface area contributed by atoms with Gasteiger partial charge in [0.15, 0.2) is 0 Å². The lowest BCUT2D eigenvalue weighted by molar-refractivity contribution is 0.0823. The van der Waals surface area contributed by atoms with Gasteiger partial charge in [-0.2, -0.15) is 0 Å². The monoisotopic (exact) mass is 440 g/mol. The molecule has 0 unspecified atom stereocenters. The molecule has 3 aromatic rings. The van der Waals surface area contributed by atoms with Crippen molar-refractivity contribution >= 4 is 27.5 Å². The molecule has 31 heavy (non-hydrogen) atoms. The van der Waals surface area contributed by atoms with E-state index in [0.717, 1.165) is 5.69 Å². The van der Waals surface area contributed by atoms with Crippen molar-refractivity contribution in [2.24, 2.45) is 0 Å². The van der Waals surface area contributed by atoms with E-state index in [9.17, 15) is 18.0 Å². The number of sulfonamides is 1. The van der Waals surface area contributed by atoms with Crippen molar-refractivity contribution in [3.63, 3.8) is 0 Å². The van der Waals surface area contributed by atoms with E-state index < -0.39 is 21.8 Å². The molecule has 0 saturated heterocycles. The van der Waals surface area contributed by atoms with Crippen LogP contribution < -0.4 is 10.0 Å². The number of aromatic nitrogens is 1. The molecule has 0 aliphatic heterocycles. The maximum atomic E-state index is 12.7. The number of rotatable bonds is 7. The van der Waals surface area contributed by atoms with E-state index in [-0.39, 0.29) is 22.7 Å². The van der Waals surface area contributed by atoms with Crippen LogP contribution in [0, 0.1) is 0 Å². The van der Waals surface area contributed by atoms with Gasteiger partial charge in [-0.05, 0) is 54.6 Å². The highest BCUT2D eigenvalue weighted by Crippen LogP contribution is 2.23. The van der Waals surface area contributed by atoms with Gasteiger partial charge in [-0.25, -0.2) is 13.1 Å². The third kappa shape index (κ3) is 5.01. The molecule has 2 N–H and O–H groups in total. The summed E-state index contributed by atoms with van der Waals surface area (Å²) in [5, 5.41) is 2.70. The highest BCUT2D eigenvalue weighted by molar-refractivity contribution is 7.89. The molecule has 0 aliphatic rings. The predicted octanol–water partition coefficient (Wildman–Crippen LogP) is 2.73. The Balaban J connectivity index is 1.89. The fourth-order valence-electron chi connectivity index (χ4n) is 3.00. The van der Waals surface area contributed by atoms with E-state index >= 15 is 0 Å². The fraction of sp³-hybridized carbons (Fsp3) is 0.182. The van der Waals surface area contributed by atoms with Gasteiger partial charge in [0.2, 0.25) is 10.0 Å². The molecule has 0 aliphatic carbocycles. The number of anilines is 1. The van der Waals surface area contributed by atoms with Crippen LogP contribution >= 0.6 is 0 Å². The Bertz CT molecular complexity index is 1180. The van der Waals surface area contributed by atoms with Gasteiger partial charge in [0, 0.05) is 50.0 Å². The smallest absolute Gasteiger partial charge is 0.255 e. The molecular formula is C22H24N4O4S. The van der Waals surface area contributed by atoms with Gasteiger partial charge in [0.1, 0.15) is 0 Å².